The Kier molecular flexibility index (Phi) is 3.72. The van der Waals surface area contributed by atoms with Crippen molar-refractivity contribution in [2.75, 3.05) is 5.32 Å². The first-order chi connectivity index (χ1) is 9.29. The van der Waals surface area contributed by atoms with Crippen LogP contribution < -0.4 is 16.6 Å². The molecule has 0 aliphatic rings. The van der Waals surface area contributed by atoms with Gasteiger partial charge in [0.2, 0.25) is 0 Å². The molecular formula is C14H16ClN3O2. The highest BCUT2D eigenvalue weighted by molar-refractivity contribution is 6.33. The first kappa shape index (κ1) is 14.4. The van der Waals surface area contributed by atoms with Crippen molar-refractivity contribution in [1.29, 1.82) is 0 Å². The van der Waals surface area contributed by atoms with Crippen LogP contribution in [0.15, 0.2) is 39.9 Å². The Morgan fingerprint density at radius 2 is 1.85 bits per heavy atom. The molecule has 0 spiro atoms. The molecule has 0 fully saturated rings. The third kappa shape index (κ3) is 2.93. The highest BCUT2D eigenvalue weighted by Gasteiger charge is 2.18. The number of nitrogens with one attached hydrogen (secondary N) is 2. The quantitative estimate of drug-likeness (QED) is 0.894. The van der Waals surface area contributed by atoms with Gasteiger partial charge in [0.1, 0.15) is 5.82 Å². The van der Waals surface area contributed by atoms with Gasteiger partial charge in [0.15, 0.2) is 0 Å². The van der Waals surface area contributed by atoms with Crippen molar-refractivity contribution in [3.05, 3.63) is 56.2 Å². The normalized spacial score (nSPS) is 11.4. The molecule has 5 nitrogen and oxygen atoms in total. The molecule has 0 amide bonds. The van der Waals surface area contributed by atoms with Crippen LogP contribution in [0.4, 0.5) is 11.5 Å². The number of halogens is 1. The predicted molar refractivity (Wildman–Crippen MR) is 81.1 cm³/mol. The molecule has 106 valence electrons. The lowest BCUT2D eigenvalue weighted by Gasteiger charge is -2.21. The molecule has 0 saturated carbocycles. The summed E-state index contributed by atoms with van der Waals surface area (Å²) in [5.41, 5.74) is -0.777. The van der Waals surface area contributed by atoms with Gasteiger partial charge in [-0.25, -0.2) is 4.79 Å². The monoisotopic (exact) mass is 293 g/mol. The zero-order valence-electron chi connectivity index (χ0n) is 11.5. The summed E-state index contributed by atoms with van der Waals surface area (Å²) < 4.78 is 1.17. The molecule has 1 heterocycles. The number of para-hydroxylation sites is 1. The molecule has 0 saturated heterocycles. The lowest BCUT2D eigenvalue weighted by Crippen LogP contribution is -2.44. The minimum atomic E-state index is -0.576. The van der Waals surface area contributed by atoms with E-state index >= 15 is 0 Å². The van der Waals surface area contributed by atoms with Crippen LogP contribution in [-0.2, 0) is 5.54 Å². The highest BCUT2D eigenvalue weighted by Crippen LogP contribution is 2.23. The Hall–Kier alpha value is -2.01. The number of nitrogens with zero attached hydrogens (tertiary/aromatic N) is 1. The summed E-state index contributed by atoms with van der Waals surface area (Å²) in [5.74, 6) is 0.314. The van der Waals surface area contributed by atoms with Crippen LogP contribution in [0, 0.1) is 0 Å². The average Bonchev–Trinajstić information content (AvgIpc) is 2.29. The summed E-state index contributed by atoms with van der Waals surface area (Å²) >= 11 is 6.02. The molecule has 2 rings (SSSR count). The Morgan fingerprint density at radius 3 is 2.40 bits per heavy atom. The number of aromatic amines is 1. The van der Waals surface area contributed by atoms with E-state index in [1.807, 2.05) is 6.07 Å². The first-order valence-electron chi connectivity index (χ1n) is 6.17. The predicted octanol–water partition coefficient (Wildman–Crippen LogP) is 2.69. The van der Waals surface area contributed by atoms with E-state index in [1.54, 1.807) is 39.0 Å². The van der Waals surface area contributed by atoms with Gasteiger partial charge in [-0.15, -0.1) is 0 Å². The van der Waals surface area contributed by atoms with Crippen molar-refractivity contribution in [1.82, 2.24) is 9.55 Å². The molecule has 0 aliphatic heterocycles. The molecule has 6 heteroatoms. The molecule has 1 aromatic carbocycles. The van der Waals surface area contributed by atoms with E-state index in [1.165, 1.54) is 10.6 Å². The van der Waals surface area contributed by atoms with Crippen molar-refractivity contribution in [2.24, 2.45) is 0 Å². The van der Waals surface area contributed by atoms with Gasteiger partial charge in [0.25, 0.3) is 5.56 Å². The van der Waals surface area contributed by atoms with E-state index < -0.39 is 11.2 Å². The van der Waals surface area contributed by atoms with Crippen LogP contribution in [0.5, 0.6) is 0 Å². The Morgan fingerprint density at radius 1 is 1.20 bits per heavy atom. The van der Waals surface area contributed by atoms with Crippen molar-refractivity contribution >= 4 is 23.1 Å². The number of benzene rings is 1. The fourth-order valence-corrected chi connectivity index (χ4v) is 2.09. The number of anilines is 2. The summed E-state index contributed by atoms with van der Waals surface area (Å²) in [7, 11) is 0. The molecule has 2 N–H and O–H groups in total. The van der Waals surface area contributed by atoms with Gasteiger partial charge < -0.3 is 5.32 Å². The molecular weight excluding hydrogens is 278 g/mol. The van der Waals surface area contributed by atoms with E-state index in [2.05, 4.69) is 10.3 Å². The third-order valence-corrected chi connectivity index (χ3v) is 3.08. The smallest absolute Gasteiger partial charge is 0.330 e. The summed E-state index contributed by atoms with van der Waals surface area (Å²) in [6, 6.07) is 8.43. The van der Waals surface area contributed by atoms with Crippen LogP contribution in [0.25, 0.3) is 0 Å². The van der Waals surface area contributed by atoms with Gasteiger partial charge in [-0.05, 0) is 32.9 Å². The fraction of sp³-hybridized carbons (Fsp3) is 0.286. The van der Waals surface area contributed by atoms with E-state index in [0.717, 1.165) is 0 Å². The zero-order chi connectivity index (χ0) is 14.9. The molecule has 20 heavy (non-hydrogen) atoms. The maximum absolute atomic E-state index is 12.1. The van der Waals surface area contributed by atoms with E-state index in [4.69, 9.17) is 11.6 Å². The van der Waals surface area contributed by atoms with Crippen molar-refractivity contribution in [2.45, 2.75) is 26.3 Å². The van der Waals surface area contributed by atoms with Crippen molar-refractivity contribution in [3.8, 4) is 0 Å². The van der Waals surface area contributed by atoms with Crippen LogP contribution in [0.3, 0.4) is 0 Å². The second-order valence-electron chi connectivity index (χ2n) is 5.44. The van der Waals surface area contributed by atoms with Crippen LogP contribution >= 0.6 is 11.6 Å². The van der Waals surface area contributed by atoms with Gasteiger partial charge in [-0.3, -0.25) is 14.3 Å². The van der Waals surface area contributed by atoms with E-state index in [0.29, 0.717) is 16.5 Å². The van der Waals surface area contributed by atoms with Gasteiger partial charge in [-0.2, -0.15) is 0 Å². The summed E-state index contributed by atoms with van der Waals surface area (Å²) in [6.45, 7) is 5.39. The molecule has 1 aromatic heterocycles. The lowest BCUT2D eigenvalue weighted by molar-refractivity contribution is 0.367. The Balaban J connectivity index is 2.45. The Labute approximate surface area is 121 Å². The minimum Gasteiger partial charge on any atom is -0.340 e. The van der Waals surface area contributed by atoms with Crippen molar-refractivity contribution in [3.63, 3.8) is 0 Å². The average molecular weight is 294 g/mol. The van der Waals surface area contributed by atoms with E-state index in [9.17, 15) is 9.59 Å². The fourth-order valence-electron chi connectivity index (χ4n) is 1.91. The highest BCUT2D eigenvalue weighted by atomic mass is 35.5. The standard InChI is InChI=1S/C14H16ClN3O2/c1-14(2,3)18-12(19)8-11(17-13(18)20)16-10-7-5-4-6-9(10)15/h4-8,16H,1-3H3,(H,17,20). The molecule has 0 aliphatic carbocycles. The van der Waals surface area contributed by atoms with Crippen molar-refractivity contribution < 1.29 is 0 Å². The molecule has 0 radical (unpaired) electrons. The van der Waals surface area contributed by atoms with Crippen LogP contribution in [-0.4, -0.2) is 9.55 Å². The van der Waals surface area contributed by atoms with Gasteiger partial charge in [0, 0.05) is 11.6 Å². The third-order valence-electron chi connectivity index (χ3n) is 2.75. The first-order valence-corrected chi connectivity index (χ1v) is 6.55. The largest absolute Gasteiger partial charge is 0.340 e. The van der Waals surface area contributed by atoms with Crippen LogP contribution in [0.2, 0.25) is 5.02 Å². The number of aromatic nitrogens is 2. The summed E-state index contributed by atoms with van der Waals surface area (Å²) in [5, 5.41) is 3.44. The molecule has 2 aromatic rings. The second-order valence-corrected chi connectivity index (χ2v) is 5.84. The lowest BCUT2D eigenvalue weighted by atomic mass is 10.1. The zero-order valence-corrected chi connectivity index (χ0v) is 12.3. The molecule has 0 unspecified atom stereocenters. The number of hydrogen-bond donors (Lipinski definition) is 2. The van der Waals surface area contributed by atoms with Gasteiger partial charge >= 0.3 is 5.69 Å². The summed E-state index contributed by atoms with van der Waals surface area (Å²) in [6.07, 6.45) is 0. The Bertz CT molecular complexity index is 710. The maximum atomic E-state index is 12.1. The summed E-state index contributed by atoms with van der Waals surface area (Å²) in [4.78, 5) is 26.7. The minimum absolute atomic E-state index is 0.314. The topological polar surface area (TPSA) is 66.9 Å². The maximum Gasteiger partial charge on any atom is 0.330 e. The van der Waals surface area contributed by atoms with Crippen LogP contribution in [0.1, 0.15) is 20.8 Å². The number of hydrogen-bond acceptors (Lipinski definition) is 3. The molecule has 0 bridgehead atoms. The van der Waals surface area contributed by atoms with Gasteiger partial charge in [-0.1, -0.05) is 23.7 Å². The number of rotatable bonds is 2. The SMILES string of the molecule is CC(C)(C)n1c(=O)cc(Nc2ccccc2Cl)[nH]c1=O. The number of H-pyrrole nitrogens is 1. The van der Waals surface area contributed by atoms with E-state index in [-0.39, 0.29) is 5.56 Å². The molecule has 0 atom stereocenters. The van der Waals surface area contributed by atoms with Gasteiger partial charge in [0.05, 0.1) is 10.7 Å². The second kappa shape index (κ2) is 5.17.